The Morgan fingerprint density at radius 1 is 0.976 bits per heavy atom. The van der Waals surface area contributed by atoms with Gasteiger partial charge in [0.05, 0.1) is 17.7 Å². The Balaban J connectivity index is 2.11. The molecule has 0 fully saturated rings. The molecular formula is C31H38ClN3O5S. The van der Waals surface area contributed by atoms with Crippen LogP contribution in [0.25, 0.3) is 0 Å². The quantitative estimate of drug-likeness (QED) is 0.277. The van der Waals surface area contributed by atoms with E-state index >= 15 is 0 Å². The Bertz CT molecular complexity index is 1430. The number of aryl methyl sites for hydroxylation is 1. The van der Waals surface area contributed by atoms with Gasteiger partial charge in [-0.2, -0.15) is 0 Å². The van der Waals surface area contributed by atoms with Gasteiger partial charge in [0.1, 0.15) is 18.3 Å². The third-order valence-corrected chi connectivity index (χ3v) is 8.89. The van der Waals surface area contributed by atoms with Crippen molar-refractivity contribution in [2.75, 3.05) is 18.0 Å². The zero-order chi connectivity index (χ0) is 30.2. The molecule has 0 bridgehead atoms. The Morgan fingerprint density at radius 2 is 1.63 bits per heavy atom. The molecule has 0 aliphatic carbocycles. The smallest absolute Gasteiger partial charge is 0.264 e. The maximum atomic E-state index is 14.2. The average molecular weight is 600 g/mol. The maximum Gasteiger partial charge on any atom is 0.264 e. The molecule has 0 aromatic heterocycles. The monoisotopic (exact) mass is 599 g/mol. The van der Waals surface area contributed by atoms with E-state index in [2.05, 4.69) is 5.32 Å². The zero-order valence-corrected chi connectivity index (χ0v) is 25.7. The molecule has 0 aliphatic heterocycles. The van der Waals surface area contributed by atoms with Crippen molar-refractivity contribution in [2.24, 2.45) is 0 Å². The summed E-state index contributed by atoms with van der Waals surface area (Å²) in [4.78, 5) is 29.0. The average Bonchev–Trinajstić information content (AvgIpc) is 2.96. The number of rotatable bonds is 13. The van der Waals surface area contributed by atoms with Crippen LogP contribution in [0, 0.1) is 6.92 Å². The maximum absolute atomic E-state index is 14.2. The van der Waals surface area contributed by atoms with Crippen LogP contribution in [0.4, 0.5) is 5.69 Å². The third kappa shape index (κ3) is 8.01. The molecule has 8 nitrogen and oxygen atoms in total. The van der Waals surface area contributed by atoms with Crippen molar-refractivity contribution in [3.63, 3.8) is 0 Å². The second kappa shape index (κ2) is 14.4. The SMILES string of the molecule is CC[C@@H](C)NC(=O)[C@H](CC)N(Cc1ccccc1)C(=O)CN(c1cc(Cl)ccc1OC)S(=O)(=O)c1ccc(C)cc1. The van der Waals surface area contributed by atoms with Crippen LogP contribution in [0.3, 0.4) is 0 Å². The Kier molecular flexibility index (Phi) is 11.2. The van der Waals surface area contributed by atoms with Gasteiger partial charge in [-0.25, -0.2) is 8.42 Å². The van der Waals surface area contributed by atoms with Crippen LogP contribution in [0.5, 0.6) is 5.75 Å². The number of nitrogens with one attached hydrogen (secondary N) is 1. The van der Waals surface area contributed by atoms with Crippen LogP contribution < -0.4 is 14.4 Å². The van der Waals surface area contributed by atoms with Crippen molar-refractivity contribution in [3.05, 3.63) is 88.9 Å². The lowest BCUT2D eigenvalue weighted by atomic mass is 10.1. The van der Waals surface area contributed by atoms with E-state index < -0.39 is 28.5 Å². The summed E-state index contributed by atoms with van der Waals surface area (Å²) in [6, 6.07) is 19.3. The Labute approximate surface area is 248 Å². The first-order chi connectivity index (χ1) is 19.5. The van der Waals surface area contributed by atoms with E-state index in [1.165, 1.54) is 30.2 Å². The van der Waals surface area contributed by atoms with E-state index in [0.29, 0.717) is 6.42 Å². The highest BCUT2D eigenvalue weighted by molar-refractivity contribution is 7.92. The fourth-order valence-corrected chi connectivity index (χ4v) is 5.93. The van der Waals surface area contributed by atoms with Crippen molar-refractivity contribution in [3.8, 4) is 5.75 Å². The molecule has 0 aliphatic rings. The number of amides is 2. The molecular weight excluding hydrogens is 562 g/mol. The summed E-state index contributed by atoms with van der Waals surface area (Å²) >= 11 is 6.29. The predicted molar refractivity (Wildman–Crippen MR) is 163 cm³/mol. The Hall–Kier alpha value is -3.56. The van der Waals surface area contributed by atoms with Gasteiger partial charge in [0.25, 0.3) is 10.0 Å². The van der Waals surface area contributed by atoms with E-state index in [1.807, 2.05) is 58.0 Å². The normalized spacial score (nSPS) is 12.7. The van der Waals surface area contributed by atoms with E-state index in [0.717, 1.165) is 21.9 Å². The topological polar surface area (TPSA) is 96.0 Å². The first-order valence-corrected chi connectivity index (χ1v) is 15.4. The molecule has 3 aromatic rings. The molecule has 0 saturated heterocycles. The van der Waals surface area contributed by atoms with Crippen molar-refractivity contribution in [1.82, 2.24) is 10.2 Å². The summed E-state index contributed by atoms with van der Waals surface area (Å²) in [5.41, 5.74) is 1.81. The van der Waals surface area contributed by atoms with Crippen LogP contribution in [0.15, 0.2) is 77.7 Å². The van der Waals surface area contributed by atoms with Crippen molar-refractivity contribution in [2.45, 2.75) is 64.1 Å². The fourth-order valence-electron chi connectivity index (χ4n) is 4.35. The predicted octanol–water partition coefficient (Wildman–Crippen LogP) is 5.57. The van der Waals surface area contributed by atoms with E-state index in [1.54, 1.807) is 24.3 Å². The lowest BCUT2D eigenvalue weighted by Crippen LogP contribution is -2.53. The second-order valence-electron chi connectivity index (χ2n) is 9.89. The molecule has 2 amide bonds. The zero-order valence-electron chi connectivity index (χ0n) is 24.1. The van der Waals surface area contributed by atoms with Crippen LogP contribution >= 0.6 is 11.6 Å². The number of carbonyl (C=O) groups is 2. The fraction of sp³-hybridized carbons (Fsp3) is 0.355. The van der Waals surface area contributed by atoms with Gasteiger partial charge in [-0.1, -0.05) is 73.5 Å². The van der Waals surface area contributed by atoms with Gasteiger partial charge in [0, 0.05) is 17.6 Å². The number of methoxy groups -OCH3 is 1. The molecule has 0 radical (unpaired) electrons. The summed E-state index contributed by atoms with van der Waals surface area (Å²) in [5.74, 6) is -0.605. The molecule has 2 atom stereocenters. The van der Waals surface area contributed by atoms with Gasteiger partial charge in [0.15, 0.2) is 0 Å². The number of ether oxygens (including phenoxy) is 1. The minimum atomic E-state index is -4.25. The van der Waals surface area contributed by atoms with Gasteiger partial charge >= 0.3 is 0 Å². The van der Waals surface area contributed by atoms with Crippen molar-refractivity contribution >= 4 is 39.1 Å². The van der Waals surface area contributed by atoms with Gasteiger partial charge in [-0.05, 0) is 62.6 Å². The van der Waals surface area contributed by atoms with Crippen LogP contribution in [0.2, 0.25) is 5.02 Å². The third-order valence-electron chi connectivity index (χ3n) is 6.88. The summed E-state index contributed by atoms with van der Waals surface area (Å²) < 4.78 is 34.6. The molecule has 1 N–H and O–H groups in total. The molecule has 3 aromatic carbocycles. The number of hydrogen-bond donors (Lipinski definition) is 1. The molecule has 0 saturated carbocycles. The highest BCUT2D eigenvalue weighted by Crippen LogP contribution is 2.35. The van der Waals surface area contributed by atoms with Crippen LogP contribution in [0.1, 0.15) is 44.7 Å². The summed E-state index contributed by atoms with van der Waals surface area (Å²) in [7, 11) is -2.83. The standard InChI is InChI=1S/C31H38ClN3O5S/c1-6-23(4)33-31(37)27(7-2)34(20-24-11-9-8-10-12-24)30(36)21-35(28-19-25(32)15-18-29(28)40-5)41(38,39)26-16-13-22(3)14-17-26/h8-19,23,27H,6-7,20-21H2,1-5H3,(H,33,37)/t23-,27+/m1/s1. The number of anilines is 1. The van der Waals surface area contributed by atoms with Crippen molar-refractivity contribution < 1.29 is 22.7 Å². The van der Waals surface area contributed by atoms with E-state index in [4.69, 9.17) is 16.3 Å². The second-order valence-corrected chi connectivity index (χ2v) is 12.2. The number of nitrogens with zero attached hydrogens (tertiary/aromatic N) is 2. The number of sulfonamides is 1. The lowest BCUT2D eigenvalue weighted by molar-refractivity contribution is -0.140. The molecule has 220 valence electrons. The number of halogens is 1. The summed E-state index contributed by atoms with van der Waals surface area (Å²) in [5, 5.41) is 3.25. The minimum absolute atomic E-state index is 0.00842. The van der Waals surface area contributed by atoms with Crippen LogP contribution in [-0.4, -0.2) is 50.9 Å². The molecule has 0 spiro atoms. The highest BCUT2D eigenvalue weighted by Gasteiger charge is 2.35. The van der Waals surface area contributed by atoms with Gasteiger partial charge in [-0.15, -0.1) is 0 Å². The summed E-state index contributed by atoms with van der Waals surface area (Å²) in [6.45, 7) is 7.09. The molecule has 3 rings (SSSR count). The van der Waals surface area contributed by atoms with Crippen LogP contribution in [-0.2, 0) is 26.2 Å². The van der Waals surface area contributed by atoms with E-state index in [-0.39, 0.29) is 39.8 Å². The number of hydrogen-bond acceptors (Lipinski definition) is 5. The molecule has 0 heterocycles. The minimum Gasteiger partial charge on any atom is -0.495 e. The first-order valence-electron chi connectivity index (χ1n) is 13.6. The number of benzene rings is 3. The molecule has 41 heavy (non-hydrogen) atoms. The molecule has 10 heteroatoms. The van der Waals surface area contributed by atoms with Gasteiger partial charge < -0.3 is 15.0 Å². The van der Waals surface area contributed by atoms with E-state index in [9.17, 15) is 18.0 Å². The lowest BCUT2D eigenvalue weighted by Gasteiger charge is -2.34. The van der Waals surface area contributed by atoms with Gasteiger partial charge in [-0.3, -0.25) is 13.9 Å². The molecule has 0 unspecified atom stereocenters. The highest BCUT2D eigenvalue weighted by atomic mass is 35.5. The first kappa shape index (κ1) is 32.0. The van der Waals surface area contributed by atoms with Crippen molar-refractivity contribution in [1.29, 1.82) is 0 Å². The summed E-state index contributed by atoms with van der Waals surface area (Å²) in [6.07, 6.45) is 1.07. The largest absolute Gasteiger partial charge is 0.495 e. The number of carbonyl (C=O) groups excluding carboxylic acids is 2. The Morgan fingerprint density at radius 3 is 2.22 bits per heavy atom. The van der Waals surface area contributed by atoms with Gasteiger partial charge in [0.2, 0.25) is 11.8 Å².